The zero-order chi connectivity index (χ0) is 12.0. The number of halogens is 1. The lowest BCUT2D eigenvalue weighted by molar-refractivity contribution is 0.0699. The number of aromatic carboxylic acids is 1. The Morgan fingerprint density at radius 2 is 2.18 bits per heavy atom. The number of nitrogens with zero attached hydrogens (tertiary/aromatic N) is 1. The van der Waals surface area contributed by atoms with Crippen molar-refractivity contribution in [3.63, 3.8) is 0 Å². The van der Waals surface area contributed by atoms with Gasteiger partial charge in [-0.25, -0.2) is 4.79 Å². The fourth-order valence-corrected chi connectivity index (χ4v) is 2.62. The summed E-state index contributed by atoms with van der Waals surface area (Å²) in [7, 11) is 0. The lowest BCUT2D eigenvalue weighted by atomic mass is 10.1. The van der Waals surface area contributed by atoms with Crippen molar-refractivity contribution in [1.82, 2.24) is 4.98 Å². The maximum absolute atomic E-state index is 11.3. The van der Waals surface area contributed by atoms with Gasteiger partial charge in [0.1, 0.15) is 0 Å². The normalized spacial score (nSPS) is 15.1. The average molecular weight is 339 g/mol. The van der Waals surface area contributed by atoms with Crippen molar-refractivity contribution >= 4 is 39.5 Å². The number of carboxylic acid groups (broad SMARTS) is 1. The summed E-state index contributed by atoms with van der Waals surface area (Å²) < 4.78 is 1.00. The van der Waals surface area contributed by atoms with Gasteiger partial charge in [0, 0.05) is 20.6 Å². The van der Waals surface area contributed by atoms with Gasteiger partial charge < -0.3 is 5.11 Å². The first-order valence-corrected chi connectivity index (χ1v) is 6.57. The van der Waals surface area contributed by atoms with Gasteiger partial charge in [-0.3, -0.25) is 4.98 Å². The Bertz CT molecular complexity index is 620. The van der Waals surface area contributed by atoms with E-state index in [1.807, 2.05) is 18.2 Å². The monoisotopic (exact) mass is 339 g/mol. The van der Waals surface area contributed by atoms with E-state index in [9.17, 15) is 9.90 Å². The third-order valence-corrected chi connectivity index (χ3v) is 3.91. The van der Waals surface area contributed by atoms with Gasteiger partial charge in [0.25, 0.3) is 0 Å². The largest absolute Gasteiger partial charge is 0.478 e. The molecule has 2 aromatic rings. The molecule has 0 aliphatic heterocycles. The molecule has 4 heteroatoms. The highest BCUT2D eigenvalue weighted by molar-refractivity contribution is 14.1. The van der Waals surface area contributed by atoms with Crippen LogP contribution in [0.1, 0.15) is 34.8 Å². The summed E-state index contributed by atoms with van der Waals surface area (Å²) >= 11 is 2.20. The van der Waals surface area contributed by atoms with E-state index < -0.39 is 5.97 Å². The molecule has 17 heavy (non-hydrogen) atoms. The standard InChI is InChI=1S/C13H10INO2/c14-10-3-1-2-8-9(13(16)17)6-11(7-4-5-7)15-12(8)10/h1-3,6-7H,4-5H2,(H,16,17). The number of pyridine rings is 1. The summed E-state index contributed by atoms with van der Waals surface area (Å²) in [5.41, 5.74) is 2.12. The SMILES string of the molecule is O=C(O)c1cc(C2CC2)nc2c(I)cccc12. The molecule has 0 radical (unpaired) electrons. The van der Waals surface area contributed by atoms with Crippen molar-refractivity contribution in [2.24, 2.45) is 0 Å². The van der Waals surface area contributed by atoms with Crippen LogP contribution < -0.4 is 0 Å². The number of carbonyl (C=O) groups is 1. The lowest BCUT2D eigenvalue weighted by Gasteiger charge is -2.07. The number of hydrogen-bond acceptors (Lipinski definition) is 2. The van der Waals surface area contributed by atoms with E-state index in [0.717, 1.165) is 33.0 Å². The van der Waals surface area contributed by atoms with Crippen LogP contribution in [0.15, 0.2) is 24.3 Å². The van der Waals surface area contributed by atoms with E-state index in [1.165, 1.54) is 0 Å². The average Bonchev–Trinajstić information content (AvgIpc) is 3.12. The predicted molar refractivity (Wildman–Crippen MR) is 73.4 cm³/mol. The fraction of sp³-hybridized carbons (Fsp3) is 0.231. The molecule has 0 amide bonds. The highest BCUT2D eigenvalue weighted by Gasteiger charge is 2.27. The van der Waals surface area contributed by atoms with Crippen molar-refractivity contribution in [2.75, 3.05) is 0 Å². The van der Waals surface area contributed by atoms with Crippen LogP contribution in [0.4, 0.5) is 0 Å². The molecule has 0 saturated heterocycles. The number of hydrogen-bond donors (Lipinski definition) is 1. The topological polar surface area (TPSA) is 50.2 Å². The zero-order valence-electron chi connectivity index (χ0n) is 8.98. The number of fused-ring (bicyclic) bond motifs is 1. The summed E-state index contributed by atoms with van der Waals surface area (Å²) in [4.78, 5) is 15.9. The Balaban J connectivity index is 2.35. The van der Waals surface area contributed by atoms with Gasteiger partial charge in [0.05, 0.1) is 11.1 Å². The molecule has 1 N–H and O–H groups in total. The third-order valence-electron chi connectivity index (χ3n) is 3.04. The molecule has 3 rings (SSSR count). The molecule has 0 spiro atoms. The summed E-state index contributed by atoms with van der Waals surface area (Å²) in [5.74, 6) is -0.408. The minimum Gasteiger partial charge on any atom is -0.478 e. The number of para-hydroxylation sites is 1. The molecular weight excluding hydrogens is 329 g/mol. The molecule has 1 fully saturated rings. The smallest absolute Gasteiger partial charge is 0.336 e. The van der Waals surface area contributed by atoms with Gasteiger partial charge in [-0.05, 0) is 47.6 Å². The summed E-state index contributed by atoms with van der Waals surface area (Å²) in [6.45, 7) is 0. The molecule has 1 aromatic carbocycles. The molecular formula is C13H10INO2. The van der Waals surface area contributed by atoms with Crippen LogP contribution in [0.25, 0.3) is 10.9 Å². The minimum atomic E-state index is -0.874. The maximum atomic E-state index is 11.3. The van der Waals surface area contributed by atoms with E-state index in [0.29, 0.717) is 11.5 Å². The Morgan fingerprint density at radius 1 is 1.41 bits per heavy atom. The maximum Gasteiger partial charge on any atom is 0.336 e. The second-order valence-electron chi connectivity index (χ2n) is 4.31. The summed E-state index contributed by atoms with van der Waals surface area (Å²) in [5, 5.41) is 10.0. The third kappa shape index (κ3) is 1.90. The van der Waals surface area contributed by atoms with Crippen LogP contribution in [0.5, 0.6) is 0 Å². The molecule has 1 aliphatic carbocycles. The second kappa shape index (κ2) is 3.94. The second-order valence-corrected chi connectivity index (χ2v) is 5.47. The quantitative estimate of drug-likeness (QED) is 0.853. The van der Waals surface area contributed by atoms with Crippen molar-refractivity contribution in [3.8, 4) is 0 Å². The van der Waals surface area contributed by atoms with Gasteiger partial charge in [-0.2, -0.15) is 0 Å². The van der Waals surface area contributed by atoms with E-state index >= 15 is 0 Å². The van der Waals surface area contributed by atoms with Gasteiger partial charge in [0.2, 0.25) is 0 Å². The Kier molecular flexibility index (Phi) is 2.54. The Hall–Kier alpha value is -1.17. The van der Waals surface area contributed by atoms with Crippen LogP contribution >= 0.6 is 22.6 Å². The van der Waals surface area contributed by atoms with Crippen LogP contribution in [0, 0.1) is 3.57 Å². The van der Waals surface area contributed by atoms with Crippen LogP contribution in [-0.4, -0.2) is 16.1 Å². The first-order chi connectivity index (χ1) is 8.16. The number of benzene rings is 1. The van der Waals surface area contributed by atoms with Crippen molar-refractivity contribution in [3.05, 3.63) is 39.1 Å². The van der Waals surface area contributed by atoms with Crippen LogP contribution in [0.3, 0.4) is 0 Å². The molecule has 1 aliphatic rings. The molecule has 1 heterocycles. The van der Waals surface area contributed by atoms with Gasteiger partial charge in [0.15, 0.2) is 0 Å². The predicted octanol–water partition coefficient (Wildman–Crippen LogP) is 3.42. The highest BCUT2D eigenvalue weighted by atomic mass is 127. The molecule has 1 aromatic heterocycles. The molecule has 86 valence electrons. The first-order valence-electron chi connectivity index (χ1n) is 5.49. The molecule has 1 saturated carbocycles. The number of aromatic nitrogens is 1. The number of rotatable bonds is 2. The van der Waals surface area contributed by atoms with E-state index in [2.05, 4.69) is 27.6 Å². The Morgan fingerprint density at radius 3 is 2.82 bits per heavy atom. The minimum absolute atomic E-state index is 0.371. The zero-order valence-corrected chi connectivity index (χ0v) is 11.1. The first kappa shape index (κ1) is 11.0. The Labute approximate surface area is 112 Å². The summed E-state index contributed by atoms with van der Waals surface area (Å²) in [6.07, 6.45) is 2.25. The fourth-order valence-electron chi connectivity index (χ4n) is 2.00. The van der Waals surface area contributed by atoms with E-state index in [-0.39, 0.29) is 0 Å². The summed E-state index contributed by atoms with van der Waals surface area (Å²) in [6, 6.07) is 7.39. The van der Waals surface area contributed by atoms with Crippen molar-refractivity contribution in [1.29, 1.82) is 0 Å². The van der Waals surface area contributed by atoms with E-state index in [4.69, 9.17) is 0 Å². The van der Waals surface area contributed by atoms with Crippen molar-refractivity contribution in [2.45, 2.75) is 18.8 Å². The van der Waals surface area contributed by atoms with Gasteiger partial charge in [-0.1, -0.05) is 12.1 Å². The van der Waals surface area contributed by atoms with Gasteiger partial charge >= 0.3 is 5.97 Å². The molecule has 0 bridgehead atoms. The van der Waals surface area contributed by atoms with Crippen molar-refractivity contribution < 1.29 is 9.90 Å². The van der Waals surface area contributed by atoms with Crippen LogP contribution in [-0.2, 0) is 0 Å². The number of carboxylic acids is 1. The molecule has 0 atom stereocenters. The van der Waals surface area contributed by atoms with E-state index in [1.54, 1.807) is 6.07 Å². The van der Waals surface area contributed by atoms with Crippen LogP contribution in [0.2, 0.25) is 0 Å². The lowest BCUT2D eigenvalue weighted by Crippen LogP contribution is -2.02. The molecule has 3 nitrogen and oxygen atoms in total. The van der Waals surface area contributed by atoms with Gasteiger partial charge in [-0.15, -0.1) is 0 Å². The highest BCUT2D eigenvalue weighted by Crippen LogP contribution is 2.40. The molecule has 0 unspecified atom stereocenters.